The molecule has 0 radical (unpaired) electrons. The van der Waals surface area contributed by atoms with Gasteiger partial charge in [-0.3, -0.25) is 4.79 Å². The molecule has 1 aliphatic rings. The Labute approximate surface area is 151 Å². The Balaban J connectivity index is 1.71. The van der Waals surface area contributed by atoms with Crippen LogP contribution in [-0.2, 0) is 11.3 Å². The maximum atomic E-state index is 13.2. The number of imidazole rings is 1. The zero-order valence-corrected chi connectivity index (χ0v) is 14.7. The number of allylic oxidation sites excluding steroid dienone is 1. The van der Waals surface area contributed by atoms with E-state index in [1.165, 1.54) is 12.1 Å². The van der Waals surface area contributed by atoms with Crippen molar-refractivity contribution >= 4 is 22.6 Å². The van der Waals surface area contributed by atoms with Crippen molar-refractivity contribution in [1.82, 2.24) is 9.55 Å². The molecule has 0 saturated carbocycles. The number of hydrogen-bond acceptors (Lipinski definition) is 2. The second-order valence-corrected chi connectivity index (χ2v) is 6.88. The summed E-state index contributed by atoms with van der Waals surface area (Å²) in [6.45, 7) is 7.24. The lowest BCUT2D eigenvalue weighted by Crippen LogP contribution is -2.24. The van der Waals surface area contributed by atoms with Crippen LogP contribution in [0.25, 0.3) is 11.0 Å². The summed E-state index contributed by atoms with van der Waals surface area (Å²) < 4.78 is 15.3. The van der Waals surface area contributed by atoms with Gasteiger partial charge in [0.2, 0.25) is 5.91 Å². The first-order valence-electron chi connectivity index (χ1n) is 8.68. The Morgan fingerprint density at radius 3 is 2.69 bits per heavy atom. The lowest BCUT2D eigenvalue weighted by atomic mass is 10.1. The summed E-state index contributed by atoms with van der Waals surface area (Å²) in [6, 6.07) is 14.0. The Morgan fingerprint density at radius 1 is 1.23 bits per heavy atom. The van der Waals surface area contributed by atoms with Crippen LogP contribution in [0.3, 0.4) is 0 Å². The lowest BCUT2D eigenvalue weighted by Gasteiger charge is -2.17. The van der Waals surface area contributed by atoms with E-state index < -0.39 is 0 Å². The molecule has 1 aromatic heterocycles. The van der Waals surface area contributed by atoms with E-state index in [0.717, 1.165) is 28.1 Å². The predicted octanol–water partition coefficient (Wildman–Crippen LogP) is 4.27. The molecule has 1 atom stereocenters. The monoisotopic (exact) mass is 349 g/mol. The molecule has 2 heterocycles. The highest BCUT2D eigenvalue weighted by Gasteiger charge is 2.34. The first-order valence-corrected chi connectivity index (χ1v) is 8.68. The number of carbonyl (C=O) groups excluding carboxylic acids is 1. The molecule has 0 unspecified atom stereocenters. The van der Waals surface area contributed by atoms with E-state index >= 15 is 0 Å². The number of rotatable bonds is 4. The summed E-state index contributed by atoms with van der Waals surface area (Å²) in [4.78, 5) is 19.1. The SMILES string of the molecule is C=C(C)Cn1c([C@@H]2CC(=O)N(c3ccc(F)cc3)C2)nc2ccccc21. The molecule has 0 spiro atoms. The minimum absolute atomic E-state index is 0.000645. The molecular weight excluding hydrogens is 329 g/mol. The standard InChI is InChI=1S/C21H20FN3O/c1-14(2)12-25-19-6-4-3-5-18(19)23-21(25)15-11-20(26)24(13-15)17-9-7-16(22)8-10-17/h3-10,15H,1,11-13H2,2H3/t15-/m1/s1. The van der Waals surface area contributed by atoms with Crippen LogP contribution < -0.4 is 4.90 Å². The number of para-hydroxylation sites is 2. The van der Waals surface area contributed by atoms with E-state index in [1.54, 1.807) is 17.0 Å². The lowest BCUT2D eigenvalue weighted by molar-refractivity contribution is -0.117. The van der Waals surface area contributed by atoms with Crippen molar-refractivity contribution in [3.05, 3.63) is 72.3 Å². The van der Waals surface area contributed by atoms with Gasteiger partial charge in [-0.05, 0) is 43.3 Å². The van der Waals surface area contributed by atoms with Gasteiger partial charge in [-0.2, -0.15) is 0 Å². The Morgan fingerprint density at radius 2 is 1.96 bits per heavy atom. The van der Waals surface area contributed by atoms with E-state index in [0.29, 0.717) is 19.5 Å². The van der Waals surface area contributed by atoms with Crippen LogP contribution in [0.15, 0.2) is 60.7 Å². The van der Waals surface area contributed by atoms with Crippen molar-refractivity contribution in [2.75, 3.05) is 11.4 Å². The number of aromatic nitrogens is 2. The van der Waals surface area contributed by atoms with Gasteiger partial charge in [0.1, 0.15) is 11.6 Å². The van der Waals surface area contributed by atoms with Gasteiger partial charge in [0.15, 0.2) is 0 Å². The minimum atomic E-state index is -0.305. The van der Waals surface area contributed by atoms with Crippen molar-refractivity contribution in [3.8, 4) is 0 Å². The maximum Gasteiger partial charge on any atom is 0.227 e. The summed E-state index contributed by atoms with van der Waals surface area (Å²) in [5, 5.41) is 0. The quantitative estimate of drug-likeness (QED) is 0.660. The molecule has 0 N–H and O–H groups in total. The van der Waals surface area contributed by atoms with E-state index in [4.69, 9.17) is 4.98 Å². The Bertz CT molecular complexity index is 990. The topological polar surface area (TPSA) is 38.1 Å². The first kappa shape index (κ1) is 16.5. The number of hydrogen-bond donors (Lipinski definition) is 0. The zero-order valence-electron chi connectivity index (χ0n) is 14.7. The highest BCUT2D eigenvalue weighted by atomic mass is 19.1. The first-order chi connectivity index (χ1) is 12.5. The maximum absolute atomic E-state index is 13.2. The van der Waals surface area contributed by atoms with Crippen molar-refractivity contribution in [2.45, 2.75) is 25.8 Å². The molecule has 0 bridgehead atoms. The fraction of sp³-hybridized carbons (Fsp3) is 0.238. The summed E-state index contributed by atoms with van der Waals surface area (Å²) in [7, 11) is 0. The largest absolute Gasteiger partial charge is 0.324 e. The fourth-order valence-corrected chi connectivity index (χ4v) is 3.59. The second kappa shape index (κ2) is 6.41. The molecule has 3 aromatic rings. The van der Waals surface area contributed by atoms with Crippen LogP contribution in [0, 0.1) is 5.82 Å². The highest BCUT2D eigenvalue weighted by Crippen LogP contribution is 2.33. The smallest absolute Gasteiger partial charge is 0.227 e. The van der Waals surface area contributed by atoms with Crippen LogP contribution in [0.4, 0.5) is 10.1 Å². The summed E-state index contributed by atoms with van der Waals surface area (Å²) in [5.74, 6) is 0.641. The number of halogens is 1. The van der Waals surface area contributed by atoms with Crippen LogP contribution in [0.5, 0.6) is 0 Å². The van der Waals surface area contributed by atoms with E-state index in [9.17, 15) is 9.18 Å². The molecule has 1 aliphatic heterocycles. The molecule has 0 aliphatic carbocycles. The average molecular weight is 349 g/mol. The van der Waals surface area contributed by atoms with Crippen LogP contribution in [0.1, 0.15) is 25.1 Å². The van der Waals surface area contributed by atoms with Crippen molar-refractivity contribution in [3.63, 3.8) is 0 Å². The van der Waals surface area contributed by atoms with E-state index in [1.807, 2.05) is 31.2 Å². The third kappa shape index (κ3) is 2.90. The Hall–Kier alpha value is -2.95. The molecule has 132 valence electrons. The zero-order chi connectivity index (χ0) is 18.3. The predicted molar refractivity (Wildman–Crippen MR) is 101 cm³/mol. The van der Waals surface area contributed by atoms with Crippen molar-refractivity contribution in [1.29, 1.82) is 0 Å². The number of amides is 1. The van der Waals surface area contributed by atoms with Gasteiger partial charge in [-0.1, -0.05) is 24.3 Å². The molecule has 1 saturated heterocycles. The van der Waals surface area contributed by atoms with E-state index in [-0.39, 0.29) is 17.6 Å². The molecule has 1 amide bonds. The molecule has 5 heteroatoms. The van der Waals surface area contributed by atoms with Gasteiger partial charge in [0.25, 0.3) is 0 Å². The Kier molecular flexibility index (Phi) is 4.07. The number of benzene rings is 2. The number of carbonyl (C=O) groups is 1. The fourth-order valence-electron chi connectivity index (χ4n) is 3.59. The van der Waals surface area contributed by atoms with Gasteiger partial charge in [-0.15, -0.1) is 0 Å². The summed E-state index contributed by atoms with van der Waals surface area (Å²) in [6.07, 6.45) is 0.400. The third-order valence-corrected chi connectivity index (χ3v) is 4.74. The third-order valence-electron chi connectivity index (χ3n) is 4.74. The van der Waals surface area contributed by atoms with Crippen LogP contribution >= 0.6 is 0 Å². The van der Waals surface area contributed by atoms with Gasteiger partial charge < -0.3 is 9.47 Å². The normalized spacial score (nSPS) is 17.2. The number of nitrogens with zero attached hydrogens (tertiary/aromatic N) is 3. The summed E-state index contributed by atoms with van der Waals surface area (Å²) in [5.41, 5.74) is 3.74. The van der Waals surface area contributed by atoms with Crippen molar-refractivity contribution < 1.29 is 9.18 Å². The second-order valence-electron chi connectivity index (χ2n) is 6.88. The highest BCUT2D eigenvalue weighted by molar-refractivity contribution is 5.96. The van der Waals surface area contributed by atoms with Gasteiger partial charge in [-0.25, -0.2) is 9.37 Å². The minimum Gasteiger partial charge on any atom is -0.324 e. The van der Waals surface area contributed by atoms with E-state index in [2.05, 4.69) is 11.1 Å². The average Bonchev–Trinajstić information content (AvgIpc) is 3.16. The van der Waals surface area contributed by atoms with Crippen LogP contribution in [-0.4, -0.2) is 22.0 Å². The van der Waals surface area contributed by atoms with Gasteiger partial charge in [0, 0.05) is 31.1 Å². The molecule has 1 fully saturated rings. The molecule has 4 rings (SSSR count). The molecular formula is C21H20FN3O. The number of fused-ring (bicyclic) bond motifs is 1. The molecule has 2 aromatic carbocycles. The number of anilines is 1. The molecule has 26 heavy (non-hydrogen) atoms. The van der Waals surface area contributed by atoms with Crippen LogP contribution in [0.2, 0.25) is 0 Å². The summed E-state index contributed by atoms with van der Waals surface area (Å²) >= 11 is 0. The van der Waals surface area contributed by atoms with Crippen molar-refractivity contribution in [2.24, 2.45) is 0 Å². The molecule has 4 nitrogen and oxygen atoms in total. The van der Waals surface area contributed by atoms with Gasteiger partial charge >= 0.3 is 0 Å². The van der Waals surface area contributed by atoms with Gasteiger partial charge in [0.05, 0.1) is 11.0 Å².